The van der Waals surface area contributed by atoms with E-state index in [1.165, 1.54) is 6.33 Å². The summed E-state index contributed by atoms with van der Waals surface area (Å²) in [6, 6.07) is -0.351. The Bertz CT molecular complexity index is 730. The molecule has 1 amide bonds. The Hall–Kier alpha value is -2.46. The number of nitrogens with zero attached hydrogens (tertiary/aromatic N) is 5. The molecule has 124 valence electrons. The van der Waals surface area contributed by atoms with Crippen molar-refractivity contribution in [2.45, 2.75) is 25.0 Å². The number of aliphatic hydroxyl groups excluding tert-OH is 1. The van der Waals surface area contributed by atoms with E-state index >= 15 is 0 Å². The number of carbonyl (C=O) groups excluding carboxylic acids is 1. The average molecular weight is 320 g/mol. The topological polar surface area (TPSA) is 162 Å². The number of hydrogen-bond donors (Lipinski definition) is 4. The van der Waals surface area contributed by atoms with E-state index in [1.807, 2.05) is 0 Å². The molecule has 1 fully saturated rings. The fourth-order valence-electron chi connectivity index (χ4n) is 2.86. The van der Waals surface area contributed by atoms with E-state index in [0.29, 0.717) is 37.1 Å². The molecule has 0 radical (unpaired) electrons. The number of imidazole rings is 1. The second kappa shape index (κ2) is 5.97. The number of amides is 1. The largest absolute Gasteiger partial charge is 0.389 e. The van der Waals surface area contributed by atoms with Crippen LogP contribution in [0.4, 0.5) is 11.8 Å². The van der Waals surface area contributed by atoms with Gasteiger partial charge in [0.2, 0.25) is 11.9 Å². The Kier molecular flexibility index (Phi) is 4.01. The maximum absolute atomic E-state index is 12.1. The Morgan fingerprint density at radius 1 is 1.35 bits per heavy atom. The molecular weight excluding hydrogens is 300 g/mol. The van der Waals surface area contributed by atoms with Crippen molar-refractivity contribution in [3.63, 3.8) is 0 Å². The van der Waals surface area contributed by atoms with Crippen LogP contribution in [0.2, 0.25) is 0 Å². The summed E-state index contributed by atoms with van der Waals surface area (Å²) < 4.78 is 1.70. The molecule has 1 aliphatic heterocycles. The Morgan fingerprint density at radius 3 is 2.87 bits per heavy atom. The third-order valence-corrected chi connectivity index (χ3v) is 4.03. The van der Waals surface area contributed by atoms with E-state index in [4.69, 9.17) is 17.2 Å². The predicted molar refractivity (Wildman–Crippen MR) is 84.1 cm³/mol. The van der Waals surface area contributed by atoms with E-state index in [0.717, 1.165) is 0 Å². The molecule has 7 N–H and O–H groups in total. The summed E-state index contributed by atoms with van der Waals surface area (Å²) in [5, 5.41) is 10.3. The number of nitrogen functional groups attached to an aromatic ring is 2. The number of β-amino-alcohol motifs (C(OH)–C–C–N with tert-alkyl or cyclic N) is 1. The quantitative estimate of drug-likeness (QED) is 0.527. The lowest BCUT2D eigenvalue weighted by atomic mass is 10.2. The molecule has 1 aliphatic rings. The first-order chi connectivity index (χ1) is 11.0. The van der Waals surface area contributed by atoms with Crippen LogP contribution >= 0.6 is 0 Å². The van der Waals surface area contributed by atoms with Gasteiger partial charge in [0.05, 0.1) is 18.5 Å². The summed E-state index contributed by atoms with van der Waals surface area (Å²) in [5.74, 6) is 0.213. The third-order valence-electron chi connectivity index (χ3n) is 4.03. The van der Waals surface area contributed by atoms with Crippen molar-refractivity contribution in [1.29, 1.82) is 0 Å². The van der Waals surface area contributed by atoms with Gasteiger partial charge in [-0.1, -0.05) is 0 Å². The van der Waals surface area contributed by atoms with Crippen LogP contribution in [0.15, 0.2) is 6.33 Å². The molecule has 0 saturated carbocycles. The van der Waals surface area contributed by atoms with Gasteiger partial charge >= 0.3 is 0 Å². The van der Waals surface area contributed by atoms with Crippen LogP contribution in [-0.2, 0) is 4.79 Å². The third kappa shape index (κ3) is 2.78. The zero-order chi connectivity index (χ0) is 16.6. The number of anilines is 2. The van der Waals surface area contributed by atoms with Gasteiger partial charge in [-0.2, -0.15) is 9.97 Å². The van der Waals surface area contributed by atoms with Crippen molar-refractivity contribution in [1.82, 2.24) is 24.4 Å². The van der Waals surface area contributed by atoms with Crippen molar-refractivity contribution in [2.24, 2.45) is 5.73 Å². The lowest BCUT2D eigenvalue weighted by molar-refractivity contribution is -0.130. The molecule has 3 heterocycles. The molecule has 2 aromatic heterocycles. The van der Waals surface area contributed by atoms with Crippen molar-refractivity contribution in [3.05, 3.63) is 6.33 Å². The summed E-state index contributed by atoms with van der Waals surface area (Å²) in [7, 11) is 0. The molecule has 1 saturated heterocycles. The minimum absolute atomic E-state index is 0.0184. The SMILES string of the molecule is NCCCC(=O)N1C[C@H](O)[C@@H](n2cnc3c(N)nc(N)nc32)C1. The number of carbonyl (C=O) groups is 1. The monoisotopic (exact) mass is 320 g/mol. The highest BCUT2D eigenvalue weighted by Gasteiger charge is 2.36. The van der Waals surface area contributed by atoms with Gasteiger partial charge in [0.25, 0.3) is 0 Å². The molecule has 2 aromatic rings. The summed E-state index contributed by atoms with van der Waals surface area (Å²) in [6.45, 7) is 1.11. The molecule has 2 atom stereocenters. The Morgan fingerprint density at radius 2 is 2.13 bits per heavy atom. The highest BCUT2D eigenvalue weighted by atomic mass is 16.3. The van der Waals surface area contributed by atoms with Crippen LogP contribution in [-0.4, -0.2) is 61.2 Å². The first kappa shape index (κ1) is 15.4. The summed E-state index contributed by atoms with van der Waals surface area (Å²) in [6.07, 6.45) is 1.83. The van der Waals surface area contributed by atoms with Crippen LogP contribution in [0.3, 0.4) is 0 Å². The molecule has 3 rings (SSSR count). The molecule has 23 heavy (non-hydrogen) atoms. The van der Waals surface area contributed by atoms with Gasteiger partial charge in [0.1, 0.15) is 5.52 Å². The van der Waals surface area contributed by atoms with Gasteiger partial charge in [-0.25, -0.2) is 4.98 Å². The fourth-order valence-corrected chi connectivity index (χ4v) is 2.86. The molecule has 10 nitrogen and oxygen atoms in total. The number of hydrogen-bond acceptors (Lipinski definition) is 8. The normalized spacial score (nSPS) is 21.2. The number of rotatable bonds is 4. The molecule has 0 aliphatic carbocycles. The van der Waals surface area contributed by atoms with Gasteiger partial charge in [0, 0.05) is 19.5 Å². The molecule has 0 aromatic carbocycles. The predicted octanol–water partition coefficient (Wildman–Crippen LogP) is -1.53. The van der Waals surface area contributed by atoms with Crippen molar-refractivity contribution < 1.29 is 9.90 Å². The second-order valence-electron chi connectivity index (χ2n) is 5.62. The Labute approximate surface area is 132 Å². The number of likely N-dealkylation sites (tertiary alicyclic amines) is 1. The van der Waals surface area contributed by atoms with Gasteiger partial charge < -0.3 is 31.8 Å². The fraction of sp³-hybridized carbons (Fsp3) is 0.538. The molecular formula is C13H20N8O2. The zero-order valence-corrected chi connectivity index (χ0v) is 12.6. The average Bonchev–Trinajstić information content (AvgIpc) is 3.08. The summed E-state index contributed by atoms with van der Waals surface area (Å²) in [4.78, 5) is 25.9. The van der Waals surface area contributed by atoms with Crippen molar-refractivity contribution >= 4 is 28.8 Å². The van der Waals surface area contributed by atoms with E-state index < -0.39 is 6.10 Å². The van der Waals surface area contributed by atoms with Crippen molar-refractivity contribution in [2.75, 3.05) is 31.1 Å². The van der Waals surface area contributed by atoms with E-state index in [2.05, 4.69) is 15.0 Å². The highest BCUT2D eigenvalue weighted by Crippen LogP contribution is 2.27. The van der Waals surface area contributed by atoms with Gasteiger partial charge in [-0.3, -0.25) is 4.79 Å². The van der Waals surface area contributed by atoms with E-state index in [-0.39, 0.29) is 30.3 Å². The van der Waals surface area contributed by atoms with Crippen LogP contribution < -0.4 is 17.2 Å². The minimum Gasteiger partial charge on any atom is -0.389 e. The molecule has 0 bridgehead atoms. The summed E-state index contributed by atoms with van der Waals surface area (Å²) >= 11 is 0. The summed E-state index contributed by atoms with van der Waals surface area (Å²) in [5.41, 5.74) is 17.7. The highest BCUT2D eigenvalue weighted by molar-refractivity contribution is 5.83. The maximum Gasteiger partial charge on any atom is 0.224 e. The Balaban J connectivity index is 1.86. The first-order valence-corrected chi connectivity index (χ1v) is 7.42. The number of nitrogens with two attached hydrogens (primary N) is 3. The van der Waals surface area contributed by atoms with E-state index in [9.17, 15) is 9.90 Å². The second-order valence-corrected chi connectivity index (χ2v) is 5.62. The van der Waals surface area contributed by atoms with Crippen LogP contribution in [0.1, 0.15) is 18.9 Å². The molecule has 10 heteroatoms. The lowest BCUT2D eigenvalue weighted by Gasteiger charge is -2.17. The van der Waals surface area contributed by atoms with Crippen LogP contribution in [0.25, 0.3) is 11.2 Å². The first-order valence-electron chi connectivity index (χ1n) is 7.42. The minimum atomic E-state index is -0.716. The number of fused-ring (bicyclic) bond motifs is 1. The zero-order valence-electron chi connectivity index (χ0n) is 12.6. The lowest BCUT2D eigenvalue weighted by Crippen LogP contribution is -2.29. The van der Waals surface area contributed by atoms with Crippen LogP contribution in [0, 0.1) is 0 Å². The molecule has 0 spiro atoms. The smallest absolute Gasteiger partial charge is 0.224 e. The standard InChI is InChI=1S/C13H20N8O2/c14-3-1-2-9(23)20-4-7(8(22)5-20)21-6-17-10-11(15)18-13(16)19-12(10)21/h6-8,22H,1-5,14H2,(H4,15,16,18,19)/t7-,8-/m0/s1. The molecule has 0 unspecified atom stereocenters. The number of aromatic nitrogens is 4. The van der Waals surface area contributed by atoms with Crippen molar-refractivity contribution in [3.8, 4) is 0 Å². The maximum atomic E-state index is 12.1. The van der Waals surface area contributed by atoms with E-state index in [1.54, 1.807) is 9.47 Å². The number of aliphatic hydroxyl groups is 1. The van der Waals surface area contributed by atoms with Gasteiger partial charge in [-0.05, 0) is 13.0 Å². The van der Waals surface area contributed by atoms with Gasteiger partial charge in [-0.15, -0.1) is 0 Å². The van der Waals surface area contributed by atoms with Crippen LogP contribution in [0.5, 0.6) is 0 Å². The van der Waals surface area contributed by atoms with Gasteiger partial charge in [0.15, 0.2) is 11.5 Å².